The molecule has 3 N–H and O–H groups in total. The van der Waals surface area contributed by atoms with Gasteiger partial charge in [0.05, 0.1) is 12.3 Å². The van der Waals surface area contributed by atoms with Crippen molar-refractivity contribution in [2.24, 2.45) is 5.73 Å². The molecule has 1 heterocycles. The number of hydrogen-bond acceptors (Lipinski definition) is 5. The molecular formula is C12H26N4O3S. The molecule has 1 rings (SSSR count). The van der Waals surface area contributed by atoms with E-state index in [9.17, 15) is 13.2 Å². The van der Waals surface area contributed by atoms with E-state index in [1.54, 1.807) is 0 Å². The van der Waals surface area contributed by atoms with Crippen LogP contribution >= 0.6 is 0 Å². The van der Waals surface area contributed by atoms with Gasteiger partial charge >= 0.3 is 0 Å². The Balaban J connectivity index is 2.38. The SMILES string of the molecule is CC(C)NC(CCN1CCN(S(C)(=O)=O)CC1)C(N)=O. The Morgan fingerprint density at radius 3 is 2.20 bits per heavy atom. The van der Waals surface area contributed by atoms with Crippen LogP contribution in [0.5, 0.6) is 0 Å². The van der Waals surface area contributed by atoms with Crippen LogP contribution in [0.15, 0.2) is 0 Å². The molecule has 0 aromatic heterocycles. The molecule has 1 unspecified atom stereocenters. The first-order valence-electron chi connectivity index (χ1n) is 6.93. The number of hydrogen-bond donors (Lipinski definition) is 2. The van der Waals surface area contributed by atoms with E-state index >= 15 is 0 Å². The summed E-state index contributed by atoms with van der Waals surface area (Å²) < 4.78 is 24.3. The molecule has 1 amide bonds. The molecular weight excluding hydrogens is 280 g/mol. The summed E-state index contributed by atoms with van der Waals surface area (Å²) >= 11 is 0. The third kappa shape index (κ3) is 5.74. The molecule has 1 saturated heterocycles. The van der Waals surface area contributed by atoms with Gasteiger partial charge < -0.3 is 16.0 Å². The average Bonchev–Trinajstić information content (AvgIpc) is 2.33. The van der Waals surface area contributed by atoms with E-state index in [1.807, 2.05) is 13.8 Å². The fourth-order valence-electron chi connectivity index (χ4n) is 2.31. The minimum Gasteiger partial charge on any atom is -0.368 e. The summed E-state index contributed by atoms with van der Waals surface area (Å²) in [5.74, 6) is -0.339. The first-order chi connectivity index (χ1) is 9.20. The zero-order chi connectivity index (χ0) is 15.3. The summed E-state index contributed by atoms with van der Waals surface area (Å²) in [7, 11) is -3.09. The first kappa shape index (κ1) is 17.4. The van der Waals surface area contributed by atoms with E-state index < -0.39 is 10.0 Å². The van der Waals surface area contributed by atoms with Crippen LogP contribution in [-0.2, 0) is 14.8 Å². The van der Waals surface area contributed by atoms with E-state index in [4.69, 9.17) is 5.73 Å². The minimum atomic E-state index is -3.09. The molecule has 0 aromatic rings. The average molecular weight is 306 g/mol. The van der Waals surface area contributed by atoms with E-state index in [0.29, 0.717) is 32.6 Å². The third-order valence-corrected chi connectivity index (χ3v) is 4.72. The van der Waals surface area contributed by atoms with Crippen molar-refractivity contribution in [2.45, 2.75) is 32.4 Å². The number of carbonyl (C=O) groups excluding carboxylic acids is 1. The van der Waals surface area contributed by atoms with Gasteiger partial charge in [0.15, 0.2) is 0 Å². The van der Waals surface area contributed by atoms with Crippen LogP contribution in [0.25, 0.3) is 0 Å². The number of sulfonamides is 1. The van der Waals surface area contributed by atoms with Crippen LogP contribution < -0.4 is 11.1 Å². The van der Waals surface area contributed by atoms with Gasteiger partial charge in [0, 0.05) is 38.8 Å². The zero-order valence-electron chi connectivity index (χ0n) is 12.5. The van der Waals surface area contributed by atoms with Crippen molar-refractivity contribution in [1.82, 2.24) is 14.5 Å². The highest BCUT2D eigenvalue weighted by Gasteiger charge is 2.24. The monoisotopic (exact) mass is 306 g/mol. The molecule has 1 fully saturated rings. The Bertz CT molecular complexity index is 416. The van der Waals surface area contributed by atoms with Crippen LogP contribution in [0.4, 0.5) is 0 Å². The topological polar surface area (TPSA) is 95.7 Å². The van der Waals surface area contributed by atoms with Gasteiger partial charge in [0.2, 0.25) is 15.9 Å². The highest BCUT2D eigenvalue weighted by Crippen LogP contribution is 2.07. The second kappa shape index (κ2) is 7.35. The lowest BCUT2D eigenvalue weighted by atomic mass is 10.1. The number of primary amides is 1. The summed E-state index contributed by atoms with van der Waals surface area (Å²) in [6.07, 6.45) is 1.88. The molecule has 0 aliphatic carbocycles. The molecule has 20 heavy (non-hydrogen) atoms. The van der Waals surface area contributed by atoms with E-state index in [1.165, 1.54) is 10.6 Å². The maximum Gasteiger partial charge on any atom is 0.234 e. The predicted molar refractivity (Wildman–Crippen MR) is 78.7 cm³/mol. The van der Waals surface area contributed by atoms with Gasteiger partial charge in [0.25, 0.3) is 0 Å². The lowest BCUT2D eigenvalue weighted by Gasteiger charge is -2.33. The number of rotatable bonds is 7. The molecule has 1 aliphatic rings. The van der Waals surface area contributed by atoms with Gasteiger partial charge in [-0.2, -0.15) is 4.31 Å². The van der Waals surface area contributed by atoms with Crippen molar-refractivity contribution in [1.29, 1.82) is 0 Å². The number of carbonyl (C=O) groups is 1. The minimum absolute atomic E-state index is 0.203. The molecule has 0 aromatic carbocycles. The fraction of sp³-hybridized carbons (Fsp3) is 0.917. The predicted octanol–water partition coefficient (Wildman–Crippen LogP) is -1.19. The van der Waals surface area contributed by atoms with Crippen molar-refractivity contribution >= 4 is 15.9 Å². The second-order valence-corrected chi connectivity index (χ2v) is 7.55. The van der Waals surface area contributed by atoms with Crippen molar-refractivity contribution in [3.63, 3.8) is 0 Å². The van der Waals surface area contributed by atoms with Gasteiger partial charge in [-0.1, -0.05) is 13.8 Å². The number of nitrogens with two attached hydrogens (primary N) is 1. The highest BCUT2D eigenvalue weighted by molar-refractivity contribution is 7.88. The zero-order valence-corrected chi connectivity index (χ0v) is 13.3. The first-order valence-corrected chi connectivity index (χ1v) is 8.78. The molecule has 0 spiro atoms. The summed E-state index contributed by atoms with van der Waals surface area (Å²) in [6.45, 7) is 7.10. The summed E-state index contributed by atoms with van der Waals surface area (Å²) in [6, 6.07) is -0.127. The van der Waals surface area contributed by atoms with Crippen LogP contribution in [0.2, 0.25) is 0 Å². The van der Waals surface area contributed by atoms with Gasteiger partial charge in [-0.05, 0) is 6.42 Å². The standard InChI is InChI=1S/C12H26N4O3S/c1-10(2)14-11(12(13)17)4-5-15-6-8-16(9-7-15)20(3,18)19/h10-11,14H,4-9H2,1-3H3,(H2,13,17). The van der Waals surface area contributed by atoms with E-state index in [-0.39, 0.29) is 18.0 Å². The van der Waals surface area contributed by atoms with Crippen molar-refractivity contribution in [3.05, 3.63) is 0 Å². The largest absolute Gasteiger partial charge is 0.368 e. The summed E-state index contributed by atoms with van der Waals surface area (Å²) in [4.78, 5) is 13.5. The number of amides is 1. The molecule has 1 atom stereocenters. The highest BCUT2D eigenvalue weighted by atomic mass is 32.2. The molecule has 0 saturated carbocycles. The van der Waals surface area contributed by atoms with Crippen molar-refractivity contribution in [2.75, 3.05) is 39.0 Å². The molecule has 118 valence electrons. The summed E-state index contributed by atoms with van der Waals surface area (Å²) in [5, 5.41) is 3.14. The second-order valence-electron chi connectivity index (χ2n) is 5.57. The van der Waals surface area contributed by atoms with Gasteiger partial charge in [-0.15, -0.1) is 0 Å². The lowest BCUT2D eigenvalue weighted by molar-refractivity contribution is -0.120. The van der Waals surface area contributed by atoms with E-state index in [0.717, 1.165) is 6.54 Å². The van der Waals surface area contributed by atoms with Gasteiger partial charge in [-0.3, -0.25) is 4.79 Å². The molecule has 0 bridgehead atoms. The normalized spacial score (nSPS) is 20.2. The van der Waals surface area contributed by atoms with Crippen LogP contribution in [0.1, 0.15) is 20.3 Å². The van der Waals surface area contributed by atoms with Crippen molar-refractivity contribution < 1.29 is 13.2 Å². The molecule has 8 heteroatoms. The van der Waals surface area contributed by atoms with E-state index in [2.05, 4.69) is 10.2 Å². The summed E-state index contributed by atoms with van der Waals surface area (Å²) in [5.41, 5.74) is 5.37. The van der Waals surface area contributed by atoms with Crippen LogP contribution in [-0.4, -0.2) is 74.6 Å². The molecule has 7 nitrogen and oxygen atoms in total. The Kier molecular flexibility index (Phi) is 6.38. The number of nitrogens with one attached hydrogen (secondary N) is 1. The third-order valence-electron chi connectivity index (χ3n) is 3.41. The molecule has 1 aliphatic heterocycles. The smallest absolute Gasteiger partial charge is 0.234 e. The van der Waals surface area contributed by atoms with Gasteiger partial charge in [-0.25, -0.2) is 8.42 Å². The Labute approximate surface area is 121 Å². The Morgan fingerprint density at radius 1 is 1.25 bits per heavy atom. The Hall–Kier alpha value is -0.700. The molecule has 0 radical (unpaired) electrons. The van der Waals surface area contributed by atoms with Gasteiger partial charge in [0.1, 0.15) is 0 Å². The van der Waals surface area contributed by atoms with Crippen LogP contribution in [0.3, 0.4) is 0 Å². The van der Waals surface area contributed by atoms with Crippen LogP contribution in [0, 0.1) is 0 Å². The quantitative estimate of drug-likeness (QED) is 0.616. The van der Waals surface area contributed by atoms with Crippen molar-refractivity contribution in [3.8, 4) is 0 Å². The maximum atomic E-state index is 11.4. The fourth-order valence-corrected chi connectivity index (χ4v) is 3.13. The lowest BCUT2D eigenvalue weighted by Crippen LogP contribution is -2.51. The number of nitrogens with zero attached hydrogens (tertiary/aromatic N) is 2. The Morgan fingerprint density at radius 2 is 1.80 bits per heavy atom. The maximum absolute atomic E-state index is 11.4. The number of piperazine rings is 1.